The van der Waals surface area contributed by atoms with Crippen molar-refractivity contribution in [2.75, 3.05) is 23.8 Å². The van der Waals surface area contributed by atoms with E-state index in [2.05, 4.69) is 10.6 Å². The molecule has 0 amide bonds. The molecule has 4 nitrogen and oxygen atoms in total. The molecule has 0 aliphatic carbocycles. The standard InChI is InChI=1S/C15H17N3OS/c16-15(20)18-14-9-5-4-8-13(14)17-10-11-19-12-6-2-1-3-7-12/h1-9,17H,10-11H2,(H3,16,18,20). The van der Waals surface area contributed by atoms with Crippen LogP contribution >= 0.6 is 12.2 Å². The maximum atomic E-state index is 5.62. The fourth-order valence-corrected chi connectivity index (χ4v) is 1.86. The third-order valence-corrected chi connectivity index (χ3v) is 2.72. The molecule has 104 valence electrons. The SMILES string of the molecule is NC(=S)Nc1ccccc1NCCOc1ccccc1. The van der Waals surface area contributed by atoms with Crippen molar-refractivity contribution in [3.63, 3.8) is 0 Å². The Morgan fingerprint density at radius 1 is 1.00 bits per heavy atom. The van der Waals surface area contributed by atoms with Gasteiger partial charge in [0, 0.05) is 6.54 Å². The maximum Gasteiger partial charge on any atom is 0.168 e. The van der Waals surface area contributed by atoms with Crippen molar-refractivity contribution < 1.29 is 4.74 Å². The van der Waals surface area contributed by atoms with Gasteiger partial charge in [-0.15, -0.1) is 0 Å². The van der Waals surface area contributed by atoms with Crippen molar-refractivity contribution in [1.29, 1.82) is 0 Å². The molecule has 0 atom stereocenters. The molecule has 2 aromatic rings. The molecule has 4 N–H and O–H groups in total. The summed E-state index contributed by atoms with van der Waals surface area (Å²) in [6.07, 6.45) is 0. The quantitative estimate of drug-likeness (QED) is 0.563. The maximum absolute atomic E-state index is 5.62. The van der Waals surface area contributed by atoms with Crippen molar-refractivity contribution in [2.24, 2.45) is 5.73 Å². The van der Waals surface area contributed by atoms with Crippen LogP contribution in [-0.4, -0.2) is 18.3 Å². The monoisotopic (exact) mass is 287 g/mol. The van der Waals surface area contributed by atoms with Gasteiger partial charge in [-0.05, 0) is 36.5 Å². The number of hydrogen-bond donors (Lipinski definition) is 3. The van der Waals surface area contributed by atoms with Gasteiger partial charge in [-0.3, -0.25) is 0 Å². The lowest BCUT2D eigenvalue weighted by Gasteiger charge is -2.13. The van der Waals surface area contributed by atoms with Gasteiger partial charge >= 0.3 is 0 Å². The lowest BCUT2D eigenvalue weighted by Crippen LogP contribution is -2.20. The van der Waals surface area contributed by atoms with E-state index in [0.29, 0.717) is 13.2 Å². The van der Waals surface area contributed by atoms with E-state index in [4.69, 9.17) is 22.7 Å². The highest BCUT2D eigenvalue weighted by atomic mass is 32.1. The smallest absolute Gasteiger partial charge is 0.168 e. The molecule has 0 aliphatic rings. The van der Waals surface area contributed by atoms with Crippen molar-refractivity contribution in [2.45, 2.75) is 0 Å². The van der Waals surface area contributed by atoms with E-state index >= 15 is 0 Å². The van der Waals surface area contributed by atoms with Gasteiger partial charge in [0.05, 0.1) is 11.4 Å². The number of anilines is 2. The van der Waals surface area contributed by atoms with Crippen LogP contribution in [0.5, 0.6) is 5.75 Å². The lowest BCUT2D eigenvalue weighted by molar-refractivity contribution is 0.333. The fraction of sp³-hybridized carbons (Fsp3) is 0.133. The summed E-state index contributed by atoms with van der Waals surface area (Å²) < 4.78 is 5.62. The zero-order valence-electron chi connectivity index (χ0n) is 11.0. The van der Waals surface area contributed by atoms with E-state index in [-0.39, 0.29) is 5.11 Å². The molecule has 0 aromatic heterocycles. The van der Waals surface area contributed by atoms with E-state index in [1.165, 1.54) is 0 Å². The number of para-hydroxylation sites is 3. The Balaban J connectivity index is 1.83. The normalized spacial score (nSPS) is 9.80. The summed E-state index contributed by atoms with van der Waals surface area (Å²) in [4.78, 5) is 0. The molecule has 0 saturated carbocycles. The Kier molecular flexibility index (Phi) is 5.20. The summed E-state index contributed by atoms with van der Waals surface area (Å²) >= 11 is 4.85. The van der Waals surface area contributed by atoms with Crippen LogP contribution in [-0.2, 0) is 0 Å². The number of benzene rings is 2. The Morgan fingerprint density at radius 2 is 1.65 bits per heavy atom. The van der Waals surface area contributed by atoms with Crippen LogP contribution in [0.4, 0.5) is 11.4 Å². The van der Waals surface area contributed by atoms with Crippen LogP contribution in [0.2, 0.25) is 0 Å². The van der Waals surface area contributed by atoms with E-state index in [9.17, 15) is 0 Å². The largest absolute Gasteiger partial charge is 0.492 e. The number of nitrogens with one attached hydrogen (secondary N) is 2. The molecule has 5 heteroatoms. The molecule has 0 unspecified atom stereocenters. The molecule has 2 aromatic carbocycles. The first-order chi connectivity index (χ1) is 9.75. The third kappa shape index (κ3) is 4.44. The minimum absolute atomic E-state index is 0.250. The van der Waals surface area contributed by atoms with Gasteiger partial charge in [-0.2, -0.15) is 0 Å². The second-order valence-corrected chi connectivity index (χ2v) is 4.56. The zero-order valence-corrected chi connectivity index (χ0v) is 11.8. The molecule has 20 heavy (non-hydrogen) atoms. The third-order valence-electron chi connectivity index (χ3n) is 2.61. The first kappa shape index (κ1) is 14.1. The molecule has 2 rings (SSSR count). The topological polar surface area (TPSA) is 59.3 Å². The van der Waals surface area contributed by atoms with Crippen LogP contribution < -0.4 is 21.1 Å². The van der Waals surface area contributed by atoms with Crippen LogP contribution in [0.25, 0.3) is 0 Å². The van der Waals surface area contributed by atoms with Crippen molar-refractivity contribution in [1.82, 2.24) is 0 Å². The Labute approximate surface area is 123 Å². The van der Waals surface area contributed by atoms with Crippen molar-refractivity contribution in [3.8, 4) is 5.75 Å². The van der Waals surface area contributed by atoms with Crippen molar-refractivity contribution in [3.05, 3.63) is 54.6 Å². The summed E-state index contributed by atoms with van der Waals surface area (Å²) in [7, 11) is 0. The second-order valence-electron chi connectivity index (χ2n) is 4.12. The first-order valence-corrected chi connectivity index (χ1v) is 6.74. The second kappa shape index (κ2) is 7.35. The highest BCUT2D eigenvalue weighted by molar-refractivity contribution is 7.80. The number of thiocarbonyl (C=S) groups is 1. The fourth-order valence-electron chi connectivity index (χ4n) is 1.75. The molecule has 0 heterocycles. The van der Waals surface area contributed by atoms with E-state index in [0.717, 1.165) is 17.1 Å². The Morgan fingerprint density at radius 3 is 2.35 bits per heavy atom. The van der Waals surface area contributed by atoms with Crippen LogP contribution in [0.15, 0.2) is 54.6 Å². The molecule has 0 aliphatic heterocycles. The number of ether oxygens (including phenoxy) is 1. The molecule has 0 saturated heterocycles. The summed E-state index contributed by atoms with van der Waals surface area (Å²) in [6, 6.07) is 17.5. The van der Waals surface area contributed by atoms with E-state index in [1.54, 1.807) is 0 Å². The summed E-state index contributed by atoms with van der Waals surface area (Å²) in [5, 5.41) is 6.47. The number of hydrogen-bond acceptors (Lipinski definition) is 3. The number of rotatable bonds is 6. The molecular formula is C15H17N3OS. The first-order valence-electron chi connectivity index (χ1n) is 6.33. The Hall–Kier alpha value is -2.27. The highest BCUT2D eigenvalue weighted by Gasteiger charge is 2.01. The molecule has 0 fully saturated rings. The molecule has 0 radical (unpaired) electrons. The van der Waals surface area contributed by atoms with E-state index < -0.39 is 0 Å². The summed E-state index contributed by atoms with van der Waals surface area (Å²) in [5.41, 5.74) is 7.29. The highest BCUT2D eigenvalue weighted by Crippen LogP contribution is 2.20. The zero-order chi connectivity index (χ0) is 14.2. The van der Waals surface area contributed by atoms with Gasteiger partial charge in [0.2, 0.25) is 0 Å². The van der Waals surface area contributed by atoms with Crippen LogP contribution in [0, 0.1) is 0 Å². The lowest BCUT2D eigenvalue weighted by atomic mass is 10.2. The summed E-state index contributed by atoms with van der Waals surface area (Å²) in [5.74, 6) is 0.865. The van der Waals surface area contributed by atoms with Gasteiger partial charge in [0.15, 0.2) is 5.11 Å². The molecular weight excluding hydrogens is 270 g/mol. The predicted molar refractivity (Wildman–Crippen MR) is 87.3 cm³/mol. The van der Waals surface area contributed by atoms with Gasteiger partial charge in [-0.25, -0.2) is 0 Å². The van der Waals surface area contributed by atoms with Crippen LogP contribution in [0.1, 0.15) is 0 Å². The average Bonchev–Trinajstić information content (AvgIpc) is 2.46. The predicted octanol–water partition coefficient (Wildman–Crippen LogP) is 2.83. The van der Waals surface area contributed by atoms with Gasteiger partial charge in [0.1, 0.15) is 12.4 Å². The minimum atomic E-state index is 0.250. The molecule has 0 bridgehead atoms. The van der Waals surface area contributed by atoms with E-state index in [1.807, 2.05) is 54.6 Å². The average molecular weight is 287 g/mol. The van der Waals surface area contributed by atoms with Gasteiger partial charge < -0.3 is 21.1 Å². The minimum Gasteiger partial charge on any atom is -0.492 e. The van der Waals surface area contributed by atoms with Gasteiger partial charge in [0.25, 0.3) is 0 Å². The van der Waals surface area contributed by atoms with Gasteiger partial charge in [-0.1, -0.05) is 30.3 Å². The Bertz CT molecular complexity index is 560. The summed E-state index contributed by atoms with van der Waals surface area (Å²) in [6.45, 7) is 1.26. The molecule has 0 spiro atoms. The van der Waals surface area contributed by atoms with Crippen molar-refractivity contribution >= 4 is 28.7 Å². The van der Waals surface area contributed by atoms with Crippen LogP contribution in [0.3, 0.4) is 0 Å². The number of nitrogens with two attached hydrogens (primary N) is 1.